The fraction of sp³-hybridized carbons (Fsp3) is 0.357. The summed E-state index contributed by atoms with van der Waals surface area (Å²) >= 11 is 0. The third kappa shape index (κ3) is 6.15. The van der Waals surface area contributed by atoms with Gasteiger partial charge in [0.2, 0.25) is 0 Å². The maximum absolute atomic E-state index is 14.1. The molecule has 0 radical (unpaired) electrons. The summed E-state index contributed by atoms with van der Waals surface area (Å²) < 4.78 is 5.97. The van der Waals surface area contributed by atoms with Crippen LogP contribution >= 0.6 is 0 Å². The molecule has 4 unspecified atom stereocenters. The number of H-pyrrole nitrogens is 1. The van der Waals surface area contributed by atoms with Crippen molar-refractivity contribution in [2.24, 2.45) is 5.73 Å². The number of esters is 1. The first-order chi connectivity index (χ1) is 23.4. The van der Waals surface area contributed by atoms with Crippen molar-refractivity contribution in [1.82, 2.24) is 9.88 Å². The summed E-state index contributed by atoms with van der Waals surface area (Å²) in [6.07, 6.45) is 1.92. The van der Waals surface area contributed by atoms with E-state index in [9.17, 15) is 4.79 Å². The number of aromatic amines is 1. The van der Waals surface area contributed by atoms with Gasteiger partial charge in [-0.3, -0.25) is 4.79 Å². The molecule has 1 aromatic heterocycles. The van der Waals surface area contributed by atoms with Crippen molar-refractivity contribution in [1.29, 1.82) is 0 Å². The molecular formula is C42H48N4O2. The van der Waals surface area contributed by atoms with Gasteiger partial charge in [-0.1, -0.05) is 105 Å². The van der Waals surface area contributed by atoms with Crippen LogP contribution in [0.3, 0.4) is 0 Å². The molecule has 6 nitrogen and oxygen atoms in total. The van der Waals surface area contributed by atoms with E-state index in [1.54, 1.807) is 0 Å². The fourth-order valence-electron chi connectivity index (χ4n) is 8.24. The molecule has 2 aliphatic rings. The minimum absolute atomic E-state index is 0.0730. The minimum atomic E-state index is -1.27. The van der Waals surface area contributed by atoms with Gasteiger partial charge in [-0.2, -0.15) is 0 Å². The van der Waals surface area contributed by atoms with Crippen molar-refractivity contribution >= 4 is 22.6 Å². The van der Waals surface area contributed by atoms with Gasteiger partial charge in [0.15, 0.2) is 0 Å². The van der Waals surface area contributed by atoms with Gasteiger partial charge in [-0.05, 0) is 66.4 Å². The lowest BCUT2D eigenvalue weighted by molar-refractivity contribution is -0.151. The number of hydrogen-bond acceptors (Lipinski definition) is 5. The summed E-state index contributed by atoms with van der Waals surface area (Å²) in [4.78, 5) is 23.1. The molecule has 1 fully saturated rings. The van der Waals surface area contributed by atoms with Crippen LogP contribution in [0, 0.1) is 0 Å². The van der Waals surface area contributed by atoms with Crippen LogP contribution in [-0.4, -0.2) is 53.6 Å². The quantitative estimate of drug-likeness (QED) is 0.146. The Bertz CT molecular complexity index is 1870. The second-order valence-corrected chi connectivity index (χ2v) is 13.8. The van der Waals surface area contributed by atoms with Crippen LogP contribution in [0.15, 0.2) is 103 Å². The number of aromatic nitrogens is 1. The van der Waals surface area contributed by atoms with Crippen LogP contribution in [0.25, 0.3) is 10.9 Å². The van der Waals surface area contributed by atoms with E-state index < -0.39 is 5.54 Å². The summed E-state index contributed by atoms with van der Waals surface area (Å²) in [5, 5.41) is 1.10. The lowest BCUT2D eigenvalue weighted by atomic mass is 9.82. The van der Waals surface area contributed by atoms with Crippen molar-refractivity contribution in [2.75, 3.05) is 31.1 Å². The molecule has 6 heteroatoms. The molecule has 2 aliphatic heterocycles. The summed E-state index contributed by atoms with van der Waals surface area (Å²) in [6.45, 7) is 11.4. The number of nitrogens with zero attached hydrogens (tertiary/aromatic N) is 2. The molecule has 0 aliphatic carbocycles. The topological polar surface area (TPSA) is 74.6 Å². The zero-order valence-electron chi connectivity index (χ0n) is 28.5. The van der Waals surface area contributed by atoms with Gasteiger partial charge >= 0.3 is 5.97 Å². The number of ether oxygens (including phenoxy) is 1. The third-order valence-electron chi connectivity index (χ3n) is 10.9. The Hall–Kier alpha value is -4.39. The zero-order valence-corrected chi connectivity index (χ0v) is 28.5. The highest BCUT2D eigenvalue weighted by Crippen LogP contribution is 2.46. The molecule has 3 N–H and O–H groups in total. The monoisotopic (exact) mass is 640 g/mol. The van der Waals surface area contributed by atoms with Gasteiger partial charge in [-0.25, -0.2) is 0 Å². The molecule has 48 heavy (non-hydrogen) atoms. The SMILES string of the molecule is CCN1CCC2c3cc(C(C)c4[nH]c5ccccc5c4CC(N)(Cc4ccccc4)C(=O)OCc4ccccc4)ccc3N(CC)C2C1. The average molecular weight is 641 g/mol. The van der Waals surface area contributed by atoms with Crippen LogP contribution < -0.4 is 10.6 Å². The number of carbonyl (C=O) groups is 1. The van der Waals surface area contributed by atoms with Gasteiger partial charge in [-0.15, -0.1) is 0 Å². The van der Waals surface area contributed by atoms with E-state index in [1.165, 1.54) is 23.2 Å². The number of likely N-dealkylation sites (tertiary alicyclic amines) is 1. The number of fused-ring (bicyclic) bond motifs is 4. The van der Waals surface area contributed by atoms with E-state index in [2.05, 4.69) is 78.0 Å². The number of nitrogens with two attached hydrogens (primary N) is 1. The molecule has 3 heterocycles. The standard InChI is InChI=1S/C42H48N4O2/c1-4-45-23-22-34-35-24-32(20-21-38(35)46(5-2)39(34)27-45)29(3)40-36(33-18-12-13-19-37(33)44-40)26-42(43,25-30-14-8-6-9-15-30)41(47)48-28-31-16-10-7-11-17-31/h6-21,24,29,34,39,44H,4-5,22-23,25-28,43H2,1-3H3. The van der Waals surface area contributed by atoms with Crippen LogP contribution in [-0.2, 0) is 29.0 Å². The summed E-state index contributed by atoms with van der Waals surface area (Å²) in [6, 6.07) is 35.9. The summed E-state index contributed by atoms with van der Waals surface area (Å²) in [7, 11) is 0. The van der Waals surface area contributed by atoms with E-state index in [4.69, 9.17) is 10.5 Å². The second kappa shape index (κ2) is 13.6. The summed E-state index contributed by atoms with van der Waals surface area (Å²) in [5.74, 6) is 0.239. The highest BCUT2D eigenvalue weighted by atomic mass is 16.5. The van der Waals surface area contributed by atoms with Crippen molar-refractivity contribution in [3.63, 3.8) is 0 Å². The molecule has 5 aromatic rings. The largest absolute Gasteiger partial charge is 0.459 e. The number of anilines is 1. The number of benzene rings is 4. The molecular weight excluding hydrogens is 592 g/mol. The molecule has 1 saturated heterocycles. The first-order valence-electron chi connectivity index (χ1n) is 17.6. The maximum atomic E-state index is 14.1. The van der Waals surface area contributed by atoms with Crippen LogP contribution in [0.1, 0.15) is 72.5 Å². The average Bonchev–Trinajstić information content (AvgIpc) is 3.65. The minimum Gasteiger partial charge on any atom is -0.459 e. The molecule has 4 atom stereocenters. The normalized spacial score (nSPS) is 19.5. The molecule has 0 saturated carbocycles. The molecule has 248 valence electrons. The Morgan fingerprint density at radius 2 is 1.62 bits per heavy atom. The number of nitrogens with one attached hydrogen (secondary N) is 1. The predicted molar refractivity (Wildman–Crippen MR) is 196 cm³/mol. The number of hydrogen-bond donors (Lipinski definition) is 2. The Labute approximate surface area is 284 Å². The smallest absolute Gasteiger partial charge is 0.327 e. The molecule has 7 rings (SSSR count). The Kier molecular flexibility index (Phi) is 9.13. The van der Waals surface area contributed by atoms with Crippen LogP contribution in [0.4, 0.5) is 5.69 Å². The van der Waals surface area contributed by atoms with Gasteiger partial charge in [0.25, 0.3) is 0 Å². The van der Waals surface area contributed by atoms with Gasteiger partial charge in [0.1, 0.15) is 12.1 Å². The molecule has 0 amide bonds. The van der Waals surface area contributed by atoms with E-state index in [-0.39, 0.29) is 18.5 Å². The zero-order chi connectivity index (χ0) is 33.3. The highest BCUT2D eigenvalue weighted by Gasteiger charge is 2.42. The number of rotatable bonds is 11. The first-order valence-corrected chi connectivity index (χ1v) is 17.6. The van der Waals surface area contributed by atoms with Crippen molar-refractivity contribution in [3.8, 4) is 0 Å². The highest BCUT2D eigenvalue weighted by molar-refractivity contribution is 5.88. The third-order valence-corrected chi connectivity index (χ3v) is 10.9. The van der Waals surface area contributed by atoms with E-state index in [0.29, 0.717) is 24.8 Å². The molecule has 4 aromatic carbocycles. The maximum Gasteiger partial charge on any atom is 0.327 e. The predicted octanol–water partition coefficient (Wildman–Crippen LogP) is 7.56. The van der Waals surface area contributed by atoms with Crippen molar-refractivity contribution in [3.05, 3.63) is 137 Å². The number of likely N-dealkylation sites (N-methyl/N-ethyl adjacent to an activating group) is 2. The van der Waals surface area contributed by atoms with Gasteiger partial charge < -0.3 is 25.3 Å². The van der Waals surface area contributed by atoms with Crippen LogP contribution in [0.2, 0.25) is 0 Å². The first kappa shape index (κ1) is 32.2. The number of para-hydroxylation sites is 1. The van der Waals surface area contributed by atoms with Gasteiger partial charge in [0, 0.05) is 66.1 Å². The Morgan fingerprint density at radius 1 is 0.917 bits per heavy atom. The van der Waals surface area contributed by atoms with E-state index in [0.717, 1.165) is 59.5 Å². The van der Waals surface area contributed by atoms with Crippen molar-refractivity contribution in [2.45, 2.75) is 70.1 Å². The van der Waals surface area contributed by atoms with Gasteiger partial charge in [0.05, 0.1) is 0 Å². The molecule has 0 spiro atoms. The number of carbonyl (C=O) groups excluding carboxylic acids is 1. The molecule has 0 bridgehead atoms. The van der Waals surface area contributed by atoms with Crippen LogP contribution in [0.5, 0.6) is 0 Å². The van der Waals surface area contributed by atoms with E-state index in [1.807, 2.05) is 60.7 Å². The lowest BCUT2D eigenvalue weighted by Crippen LogP contribution is -2.53. The Balaban J connectivity index is 1.24. The second-order valence-electron chi connectivity index (χ2n) is 13.8. The summed E-state index contributed by atoms with van der Waals surface area (Å²) in [5.41, 5.74) is 15.3. The number of piperidine rings is 1. The lowest BCUT2D eigenvalue weighted by Gasteiger charge is -2.38. The van der Waals surface area contributed by atoms with Crippen molar-refractivity contribution < 1.29 is 9.53 Å². The Morgan fingerprint density at radius 3 is 2.35 bits per heavy atom. The fourth-order valence-corrected chi connectivity index (χ4v) is 8.24. The van der Waals surface area contributed by atoms with E-state index >= 15 is 0 Å².